The zero-order chi connectivity index (χ0) is 16.6. The molecule has 0 saturated carbocycles. The van der Waals surface area contributed by atoms with Crippen LogP contribution in [0.15, 0.2) is 24.3 Å². The van der Waals surface area contributed by atoms with Crippen LogP contribution in [0, 0.1) is 0 Å². The lowest BCUT2D eigenvalue weighted by Gasteiger charge is -2.06. The van der Waals surface area contributed by atoms with Crippen LogP contribution in [0.2, 0.25) is 0 Å². The van der Waals surface area contributed by atoms with Gasteiger partial charge in [0.15, 0.2) is 9.84 Å². The molecular formula is C15H18N4O2S2. The van der Waals surface area contributed by atoms with E-state index in [2.05, 4.69) is 29.0 Å². The number of hydrogen-bond acceptors (Lipinski definition) is 6. The largest absolute Gasteiger partial charge is 0.320 e. The SMILES string of the molecule is CC(C)c1nnc(Cn2c(CS(C)(=O)=O)nc3ccccc32)s1. The van der Waals surface area contributed by atoms with Crippen molar-refractivity contribution < 1.29 is 8.42 Å². The highest BCUT2D eigenvalue weighted by Crippen LogP contribution is 2.23. The molecule has 3 aromatic rings. The molecule has 2 heterocycles. The molecule has 0 aliphatic carbocycles. The number of imidazole rings is 1. The van der Waals surface area contributed by atoms with E-state index in [0.29, 0.717) is 18.3 Å². The van der Waals surface area contributed by atoms with Gasteiger partial charge < -0.3 is 4.57 Å². The molecular weight excluding hydrogens is 332 g/mol. The van der Waals surface area contributed by atoms with E-state index < -0.39 is 9.84 Å². The highest BCUT2D eigenvalue weighted by Gasteiger charge is 2.17. The van der Waals surface area contributed by atoms with Gasteiger partial charge in [0.25, 0.3) is 0 Å². The highest BCUT2D eigenvalue weighted by molar-refractivity contribution is 7.89. The molecule has 23 heavy (non-hydrogen) atoms. The van der Waals surface area contributed by atoms with Crippen LogP contribution in [0.25, 0.3) is 11.0 Å². The van der Waals surface area contributed by atoms with Crippen LogP contribution in [0.5, 0.6) is 0 Å². The van der Waals surface area contributed by atoms with Crippen molar-refractivity contribution in [2.24, 2.45) is 0 Å². The van der Waals surface area contributed by atoms with Crippen molar-refractivity contribution in [2.75, 3.05) is 6.26 Å². The lowest BCUT2D eigenvalue weighted by atomic mass is 10.2. The Morgan fingerprint density at radius 2 is 1.96 bits per heavy atom. The molecule has 3 rings (SSSR count). The van der Waals surface area contributed by atoms with Gasteiger partial charge in [0, 0.05) is 12.2 Å². The van der Waals surface area contributed by atoms with E-state index in [1.54, 1.807) is 11.3 Å². The predicted molar refractivity (Wildman–Crippen MR) is 91.4 cm³/mol. The standard InChI is InChI=1S/C15H18N4O2S2/c1-10(2)15-18-17-14(22-15)8-19-12-7-5-4-6-11(12)16-13(19)9-23(3,20)21/h4-7,10H,8-9H2,1-3H3. The first-order valence-corrected chi connectivity index (χ1v) is 10.2. The second-order valence-corrected chi connectivity index (χ2v) is 9.10. The lowest BCUT2D eigenvalue weighted by Crippen LogP contribution is -2.10. The molecule has 6 nitrogen and oxygen atoms in total. The second-order valence-electron chi connectivity index (χ2n) is 5.86. The van der Waals surface area contributed by atoms with E-state index >= 15 is 0 Å². The fourth-order valence-electron chi connectivity index (χ4n) is 2.35. The van der Waals surface area contributed by atoms with Gasteiger partial charge in [-0.25, -0.2) is 13.4 Å². The van der Waals surface area contributed by atoms with E-state index in [0.717, 1.165) is 21.0 Å². The Morgan fingerprint density at radius 1 is 1.22 bits per heavy atom. The van der Waals surface area contributed by atoms with E-state index in [9.17, 15) is 8.42 Å². The minimum absolute atomic E-state index is 0.0858. The first kappa shape index (κ1) is 16.1. The molecule has 0 aliphatic heterocycles. The van der Waals surface area contributed by atoms with Crippen LogP contribution in [0.3, 0.4) is 0 Å². The van der Waals surface area contributed by atoms with Gasteiger partial charge in [-0.15, -0.1) is 10.2 Å². The van der Waals surface area contributed by atoms with Crippen LogP contribution < -0.4 is 0 Å². The molecule has 2 aromatic heterocycles. The first-order chi connectivity index (χ1) is 10.8. The van der Waals surface area contributed by atoms with Gasteiger partial charge in [-0.05, 0) is 12.1 Å². The summed E-state index contributed by atoms with van der Waals surface area (Å²) in [5.41, 5.74) is 1.70. The number of benzene rings is 1. The number of para-hydroxylation sites is 2. The van der Waals surface area contributed by atoms with E-state index in [4.69, 9.17) is 0 Å². The Labute approximate surface area is 139 Å². The summed E-state index contributed by atoms with van der Waals surface area (Å²) in [6.45, 7) is 4.63. The van der Waals surface area contributed by atoms with Gasteiger partial charge in [0.2, 0.25) is 0 Å². The number of sulfone groups is 1. The van der Waals surface area contributed by atoms with E-state index in [1.807, 2.05) is 28.8 Å². The summed E-state index contributed by atoms with van der Waals surface area (Å²) in [6.07, 6.45) is 1.22. The maximum atomic E-state index is 11.7. The zero-order valence-corrected chi connectivity index (χ0v) is 14.9. The van der Waals surface area contributed by atoms with Gasteiger partial charge in [-0.3, -0.25) is 0 Å². The van der Waals surface area contributed by atoms with Gasteiger partial charge in [0.05, 0.1) is 17.6 Å². The third-order valence-corrected chi connectivity index (χ3v) is 5.39. The second kappa shape index (κ2) is 6.01. The molecule has 0 unspecified atom stereocenters. The molecule has 0 atom stereocenters. The van der Waals surface area contributed by atoms with Gasteiger partial charge in [0.1, 0.15) is 21.6 Å². The van der Waals surface area contributed by atoms with Gasteiger partial charge >= 0.3 is 0 Å². The molecule has 1 aromatic carbocycles. The highest BCUT2D eigenvalue weighted by atomic mass is 32.2. The van der Waals surface area contributed by atoms with Gasteiger partial charge in [-0.1, -0.05) is 37.3 Å². The normalized spacial score (nSPS) is 12.3. The minimum atomic E-state index is -3.16. The first-order valence-electron chi connectivity index (χ1n) is 7.27. The fraction of sp³-hybridized carbons (Fsp3) is 0.400. The third kappa shape index (κ3) is 3.59. The summed E-state index contributed by atoms with van der Waals surface area (Å²) in [5.74, 6) is 0.781. The number of rotatable bonds is 5. The summed E-state index contributed by atoms with van der Waals surface area (Å²) in [6, 6.07) is 7.64. The van der Waals surface area contributed by atoms with Crippen LogP contribution in [-0.2, 0) is 22.1 Å². The van der Waals surface area contributed by atoms with Crippen molar-refractivity contribution in [3.63, 3.8) is 0 Å². The van der Waals surface area contributed by atoms with E-state index in [1.165, 1.54) is 6.26 Å². The number of hydrogen-bond donors (Lipinski definition) is 0. The monoisotopic (exact) mass is 350 g/mol. The van der Waals surface area contributed by atoms with Gasteiger partial charge in [-0.2, -0.15) is 0 Å². The number of nitrogens with zero attached hydrogens (tertiary/aromatic N) is 4. The van der Waals surface area contributed by atoms with Crippen LogP contribution in [0.1, 0.15) is 35.6 Å². The molecule has 0 saturated heterocycles. The Kier molecular flexibility index (Phi) is 4.20. The van der Waals surface area contributed by atoms with Crippen molar-refractivity contribution in [3.8, 4) is 0 Å². The number of fused-ring (bicyclic) bond motifs is 1. The van der Waals surface area contributed by atoms with Crippen molar-refractivity contribution in [3.05, 3.63) is 40.1 Å². The van der Waals surface area contributed by atoms with Crippen LogP contribution >= 0.6 is 11.3 Å². The minimum Gasteiger partial charge on any atom is -0.320 e. The molecule has 0 N–H and O–H groups in total. The lowest BCUT2D eigenvalue weighted by molar-refractivity contribution is 0.597. The molecule has 0 spiro atoms. The fourth-order valence-corrected chi connectivity index (χ4v) is 3.87. The molecule has 8 heteroatoms. The average molecular weight is 350 g/mol. The summed E-state index contributed by atoms with van der Waals surface area (Å²) in [7, 11) is -3.16. The van der Waals surface area contributed by atoms with Crippen LogP contribution in [-0.4, -0.2) is 34.4 Å². The Morgan fingerprint density at radius 3 is 2.61 bits per heavy atom. The van der Waals surface area contributed by atoms with Crippen molar-refractivity contribution in [2.45, 2.75) is 32.1 Å². The zero-order valence-electron chi connectivity index (χ0n) is 13.2. The topological polar surface area (TPSA) is 77.7 Å². The van der Waals surface area contributed by atoms with Crippen molar-refractivity contribution in [1.82, 2.24) is 19.7 Å². The molecule has 122 valence electrons. The maximum Gasteiger partial charge on any atom is 0.154 e. The molecule has 0 radical (unpaired) electrons. The Balaban J connectivity index is 2.04. The van der Waals surface area contributed by atoms with Crippen molar-refractivity contribution in [1.29, 1.82) is 0 Å². The quantitative estimate of drug-likeness (QED) is 0.707. The summed E-state index contributed by atoms with van der Waals surface area (Å²) >= 11 is 1.55. The number of aromatic nitrogens is 4. The molecule has 0 bridgehead atoms. The summed E-state index contributed by atoms with van der Waals surface area (Å²) in [4.78, 5) is 4.48. The predicted octanol–water partition coefficient (Wildman–Crippen LogP) is 2.60. The summed E-state index contributed by atoms with van der Waals surface area (Å²) in [5, 5.41) is 10.3. The van der Waals surface area contributed by atoms with Crippen molar-refractivity contribution >= 4 is 32.2 Å². The Bertz CT molecular complexity index is 941. The summed E-state index contributed by atoms with van der Waals surface area (Å²) < 4.78 is 25.3. The molecule has 0 aliphatic rings. The smallest absolute Gasteiger partial charge is 0.154 e. The van der Waals surface area contributed by atoms with Crippen LogP contribution in [0.4, 0.5) is 0 Å². The molecule has 0 fully saturated rings. The average Bonchev–Trinajstić information content (AvgIpc) is 3.04. The Hall–Kier alpha value is -1.80. The van der Waals surface area contributed by atoms with E-state index in [-0.39, 0.29) is 5.75 Å². The maximum absolute atomic E-state index is 11.7. The third-order valence-electron chi connectivity index (χ3n) is 3.39. The molecule has 0 amide bonds.